The van der Waals surface area contributed by atoms with Crippen LogP contribution in [0.3, 0.4) is 0 Å². The fourth-order valence-electron chi connectivity index (χ4n) is 3.42. The third-order valence-corrected chi connectivity index (χ3v) is 4.98. The van der Waals surface area contributed by atoms with Crippen LogP contribution in [-0.4, -0.2) is 20.9 Å². The van der Waals surface area contributed by atoms with Crippen molar-refractivity contribution in [3.63, 3.8) is 0 Å². The first-order valence-electron chi connectivity index (χ1n) is 8.89. The summed E-state index contributed by atoms with van der Waals surface area (Å²) in [5.74, 6) is 0.774. The molecule has 1 fully saturated rings. The first-order valence-corrected chi connectivity index (χ1v) is 8.89. The van der Waals surface area contributed by atoms with Gasteiger partial charge in [-0.2, -0.15) is 0 Å². The molecule has 0 unspecified atom stereocenters. The number of aromatic amines is 1. The lowest BCUT2D eigenvalue weighted by Crippen LogP contribution is -2.28. The number of hydrogen-bond donors (Lipinski definition) is 2. The van der Waals surface area contributed by atoms with Crippen molar-refractivity contribution in [3.8, 4) is 0 Å². The predicted molar refractivity (Wildman–Crippen MR) is 97.5 cm³/mol. The number of nitrogens with one attached hydrogen (secondary N) is 2. The van der Waals surface area contributed by atoms with Gasteiger partial charge in [-0.05, 0) is 37.6 Å². The molecule has 27 heavy (non-hydrogen) atoms. The van der Waals surface area contributed by atoms with Crippen LogP contribution in [0.2, 0.25) is 0 Å². The number of halogens is 1. The second kappa shape index (κ2) is 5.90. The van der Waals surface area contributed by atoms with E-state index in [0.717, 1.165) is 23.3 Å². The summed E-state index contributed by atoms with van der Waals surface area (Å²) in [5.41, 5.74) is 2.83. The van der Waals surface area contributed by atoms with Crippen molar-refractivity contribution >= 4 is 28.0 Å². The summed E-state index contributed by atoms with van der Waals surface area (Å²) < 4.78 is 18.9. The van der Waals surface area contributed by atoms with E-state index >= 15 is 0 Å². The standard InChI is InChI=1S/C20H17FN4O2/c1-10(20-25-16-8-11(21)6-7-17(16)27-20)22-19(26)13-9-12(13)18-23-14-4-2-3-5-15(14)24-18/h2-8,10,12-13H,9H2,1H3,(H,22,26)(H,23,24)/t10-,12+,13+/m1/s1. The average Bonchev–Trinajstić information content (AvgIpc) is 3.16. The van der Waals surface area contributed by atoms with Gasteiger partial charge >= 0.3 is 0 Å². The van der Waals surface area contributed by atoms with Crippen molar-refractivity contribution < 1.29 is 13.6 Å². The van der Waals surface area contributed by atoms with E-state index in [2.05, 4.69) is 20.3 Å². The SMILES string of the molecule is C[C@@H](NC(=O)[C@H]1C[C@@H]1c1nc2ccccc2[nH]1)c1nc2cc(F)ccc2o1. The van der Waals surface area contributed by atoms with Crippen molar-refractivity contribution in [3.05, 3.63) is 60.0 Å². The van der Waals surface area contributed by atoms with Crippen molar-refractivity contribution in [2.75, 3.05) is 0 Å². The summed E-state index contributed by atoms with van der Waals surface area (Å²) in [5, 5.41) is 2.94. The topological polar surface area (TPSA) is 83.8 Å². The number of amides is 1. The zero-order valence-electron chi connectivity index (χ0n) is 14.6. The van der Waals surface area contributed by atoms with Crippen molar-refractivity contribution in [1.29, 1.82) is 0 Å². The Morgan fingerprint density at radius 1 is 1.26 bits per heavy atom. The van der Waals surface area contributed by atoms with E-state index in [4.69, 9.17) is 4.42 Å². The molecule has 136 valence electrons. The van der Waals surface area contributed by atoms with Gasteiger partial charge in [-0.1, -0.05) is 12.1 Å². The lowest BCUT2D eigenvalue weighted by molar-refractivity contribution is -0.123. The third kappa shape index (κ3) is 2.85. The van der Waals surface area contributed by atoms with Gasteiger partial charge in [0.15, 0.2) is 5.58 Å². The first-order chi connectivity index (χ1) is 13.1. The second-order valence-corrected chi connectivity index (χ2v) is 6.98. The number of carbonyl (C=O) groups is 1. The zero-order chi connectivity index (χ0) is 18.5. The number of imidazole rings is 1. The maximum Gasteiger partial charge on any atom is 0.224 e. The van der Waals surface area contributed by atoms with Gasteiger partial charge in [0.05, 0.1) is 11.0 Å². The molecule has 2 aromatic heterocycles. The lowest BCUT2D eigenvalue weighted by Gasteiger charge is -2.09. The van der Waals surface area contributed by atoms with Crippen LogP contribution in [0.4, 0.5) is 4.39 Å². The summed E-state index contributed by atoms with van der Waals surface area (Å²) in [4.78, 5) is 24.7. The molecule has 5 rings (SSSR count). The van der Waals surface area contributed by atoms with Gasteiger partial charge in [0, 0.05) is 17.9 Å². The van der Waals surface area contributed by atoms with Crippen molar-refractivity contribution in [2.24, 2.45) is 5.92 Å². The Morgan fingerprint density at radius 2 is 2.11 bits per heavy atom. The Kier molecular flexibility index (Phi) is 3.50. The van der Waals surface area contributed by atoms with Gasteiger partial charge in [-0.15, -0.1) is 0 Å². The molecule has 7 heteroatoms. The molecular formula is C20H17FN4O2. The molecule has 0 bridgehead atoms. The van der Waals surface area contributed by atoms with E-state index < -0.39 is 6.04 Å². The first kappa shape index (κ1) is 16.0. The van der Waals surface area contributed by atoms with Gasteiger partial charge in [0.2, 0.25) is 11.8 Å². The van der Waals surface area contributed by atoms with Crippen LogP contribution in [-0.2, 0) is 4.79 Å². The number of hydrogen-bond acceptors (Lipinski definition) is 4. The number of benzene rings is 2. The van der Waals surface area contributed by atoms with Gasteiger partial charge < -0.3 is 14.7 Å². The normalized spacial score (nSPS) is 20.1. The average molecular weight is 364 g/mol. The fourth-order valence-corrected chi connectivity index (χ4v) is 3.42. The Bertz CT molecular complexity index is 1130. The smallest absolute Gasteiger partial charge is 0.224 e. The maximum atomic E-state index is 13.3. The summed E-state index contributed by atoms with van der Waals surface area (Å²) in [6.07, 6.45) is 0.761. The van der Waals surface area contributed by atoms with Gasteiger partial charge in [-0.25, -0.2) is 14.4 Å². The Balaban J connectivity index is 1.28. The third-order valence-electron chi connectivity index (χ3n) is 4.98. The summed E-state index contributed by atoms with van der Waals surface area (Å²) in [6.45, 7) is 1.80. The van der Waals surface area contributed by atoms with Crippen molar-refractivity contribution in [2.45, 2.75) is 25.3 Å². The summed E-state index contributed by atoms with van der Waals surface area (Å²) in [6, 6.07) is 11.6. The highest BCUT2D eigenvalue weighted by atomic mass is 19.1. The largest absolute Gasteiger partial charge is 0.438 e. The summed E-state index contributed by atoms with van der Waals surface area (Å²) >= 11 is 0. The molecule has 0 radical (unpaired) electrons. The van der Waals surface area contributed by atoms with Gasteiger partial charge in [0.1, 0.15) is 23.2 Å². The fraction of sp³-hybridized carbons (Fsp3) is 0.250. The van der Waals surface area contributed by atoms with Crippen LogP contribution in [0.15, 0.2) is 46.9 Å². The van der Waals surface area contributed by atoms with Crippen LogP contribution in [0, 0.1) is 11.7 Å². The number of nitrogens with zero attached hydrogens (tertiary/aromatic N) is 2. The number of aromatic nitrogens is 3. The number of H-pyrrole nitrogens is 1. The van der Waals surface area contributed by atoms with Crippen LogP contribution in [0.5, 0.6) is 0 Å². The van der Waals surface area contributed by atoms with Gasteiger partial charge in [0.25, 0.3) is 0 Å². The highest BCUT2D eigenvalue weighted by Crippen LogP contribution is 2.47. The number of carbonyl (C=O) groups excluding carboxylic acids is 1. The molecule has 1 saturated carbocycles. The molecule has 1 aliphatic rings. The molecule has 6 nitrogen and oxygen atoms in total. The number of rotatable bonds is 4. The lowest BCUT2D eigenvalue weighted by atomic mass is 10.2. The van der Waals surface area contributed by atoms with E-state index in [-0.39, 0.29) is 23.6 Å². The highest BCUT2D eigenvalue weighted by Gasteiger charge is 2.46. The minimum Gasteiger partial charge on any atom is -0.438 e. The molecule has 3 atom stereocenters. The van der Waals surface area contributed by atoms with Crippen LogP contribution in [0.1, 0.15) is 37.0 Å². The number of oxazole rings is 1. The monoisotopic (exact) mass is 364 g/mol. The quantitative estimate of drug-likeness (QED) is 0.576. The van der Waals surface area contributed by atoms with E-state index in [1.807, 2.05) is 24.3 Å². The van der Waals surface area contributed by atoms with E-state index in [1.54, 1.807) is 6.92 Å². The molecule has 0 saturated heterocycles. The highest BCUT2D eigenvalue weighted by molar-refractivity contribution is 5.83. The Labute approximate surface area is 153 Å². The molecule has 2 aromatic carbocycles. The van der Waals surface area contributed by atoms with E-state index in [0.29, 0.717) is 17.0 Å². The Morgan fingerprint density at radius 3 is 2.96 bits per heavy atom. The molecule has 2 N–H and O–H groups in total. The van der Waals surface area contributed by atoms with E-state index in [9.17, 15) is 9.18 Å². The molecule has 4 aromatic rings. The van der Waals surface area contributed by atoms with E-state index in [1.165, 1.54) is 18.2 Å². The van der Waals surface area contributed by atoms with Crippen LogP contribution >= 0.6 is 0 Å². The minimum atomic E-state index is -0.398. The second-order valence-electron chi connectivity index (χ2n) is 6.98. The molecule has 1 amide bonds. The predicted octanol–water partition coefficient (Wildman–Crippen LogP) is 3.82. The number of fused-ring (bicyclic) bond motifs is 2. The van der Waals surface area contributed by atoms with Gasteiger partial charge in [-0.3, -0.25) is 4.79 Å². The molecule has 1 aliphatic carbocycles. The van der Waals surface area contributed by atoms with Crippen molar-refractivity contribution in [1.82, 2.24) is 20.3 Å². The molecule has 0 aliphatic heterocycles. The molecule has 2 heterocycles. The summed E-state index contributed by atoms with van der Waals surface area (Å²) in [7, 11) is 0. The maximum absolute atomic E-state index is 13.3. The zero-order valence-corrected chi connectivity index (χ0v) is 14.6. The molecular weight excluding hydrogens is 347 g/mol. The number of para-hydroxylation sites is 2. The Hall–Kier alpha value is -3.22. The molecule has 0 spiro atoms. The van der Waals surface area contributed by atoms with Crippen LogP contribution in [0.25, 0.3) is 22.1 Å². The van der Waals surface area contributed by atoms with Crippen LogP contribution < -0.4 is 5.32 Å². The minimum absolute atomic E-state index is 0.0543.